The first-order valence-electron chi connectivity index (χ1n) is 6.44. The molecule has 1 N–H and O–H groups in total. The summed E-state index contributed by atoms with van der Waals surface area (Å²) in [4.78, 5) is 17.0. The molecule has 19 heavy (non-hydrogen) atoms. The van der Waals surface area contributed by atoms with Crippen molar-refractivity contribution in [2.45, 2.75) is 40.7 Å². The van der Waals surface area contributed by atoms with Crippen LogP contribution in [0.4, 0.5) is 0 Å². The van der Waals surface area contributed by atoms with E-state index in [-0.39, 0.29) is 12.0 Å². The molecule has 0 aliphatic heterocycles. The van der Waals surface area contributed by atoms with Crippen LogP contribution in [0, 0.1) is 11.3 Å². The van der Waals surface area contributed by atoms with Crippen LogP contribution in [0.2, 0.25) is 0 Å². The summed E-state index contributed by atoms with van der Waals surface area (Å²) in [5.74, 6) is 0.0594. The summed E-state index contributed by atoms with van der Waals surface area (Å²) in [7, 11) is 0. The second-order valence-electron chi connectivity index (χ2n) is 6.03. The van der Waals surface area contributed by atoms with Crippen LogP contribution < -0.4 is 5.48 Å². The molecular formula is C15H22BrNO2. The molecule has 4 heteroatoms. The summed E-state index contributed by atoms with van der Waals surface area (Å²) in [6, 6.07) is 7.99. The summed E-state index contributed by atoms with van der Waals surface area (Å²) in [5.41, 5.74) is 3.49. The Morgan fingerprint density at radius 3 is 2.16 bits per heavy atom. The highest BCUT2D eigenvalue weighted by Gasteiger charge is 2.25. The molecule has 0 bridgehead atoms. The zero-order chi connectivity index (χ0) is 14.6. The zero-order valence-electron chi connectivity index (χ0n) is 12.2. The van der Waals surface area contributed by atoms with Crippen LogP contribution in [0.3, 0.4) is 0 Å². The van der Waals surface area contributed by atoms with Gasteiger partial charge < -0.3 is 4.84 Å². The Kier molecular flexibility index (Phi) is 5.56. The topological polar surface area (TPSA) is 38.3 Å². The fraction of sp³-hybridized carbons (Fsp3) is 0.533. The Hall–Kier alpha value is -0.870. The fourth-order valence-corrected chi connectivity index (χ4v) is 1.79. The standard InChI is InChI=1S/C15H22BrNO2/c1-10(2)13(11-6-8-12(16)9-7-11)17-19-14(18)15(3,4)5/h6-10,13,17H,1-5H3. The van der Waals surface area contributed by atoms with E-state index < -0.39 is 5.41 Å². The third kappa shape index (κ3) is 4.96. The van der Waals surface area contributed by atoms with Gasteiger partial charge in [-0.2, -0.15) is 0 Å². The van der Waals surface area contributed by atoms with E-state index in [9.17, 15) is 4.79 Å². The number of hydroxylamine groups is 1. The number of carbonyl (C=O) groups is 1. The summed E-state index contributed by atoms with van der Waals surface area (Å²) < 4.78 is 1.03. The van der Waals surface area contributed by atoms with Crippen LogP contribution in [0.1, 0.15) is 46.2 Å². The molecule has 0 saturated carbocycles. The van der Waals surface area contributed by atoms with Crippen LogP contribution in [0.5, 0.6) is 0 Å². The first-order valence-corrected chi connectivity index (χ1v) is 7.23. The van der Waals surface area contributed by atoms with E-state index in [2.05, 4.69) is 35.3 Å². The average Bonchev–Trinajstić information content (AvgIpc) is 2.29. The summed E-state index contributed by atoms with van der Waals surface area (Å²) in [5, 5.41) is 0. The molecule has 1 rings (SSSR count). The molecule has 1 unspecified atom stereocenters. The normalized spacial score (nSPS) is 13.4. The van der Waals surface area contributed by atoms with Gasteiger partial charge in [-0.25, -0.2) is 4.79 Å². The molecule has 0 radical (unpaired) electrons. The van der Waals surface area contributed by atoms with E-state index in [1.807, 2.05) is 45.0 Å². The van der Waals surface area contributed by atoms with Gasteiger partial charge in [-0.05, 0) is 44.4 Å². The lowest BCUT2D eigenvalue weighted by atomic mass is 9.96. The molecule has 1 atom stereocenters. The molecule has 3 nitrogen and oxygen atoms in total. The van der Waals surface area contributed by atoms with Crippen molar-refractivity contribution >= 4 is 21.9 Å². The van der Waals surface area contributed by atoms with Crippen molar-refractivity contribution in [1.29, 1.82) is 0 Å². The van der Waals surface area contributed by atoms with Crippen molar-refractivity contribution in [2.75, 3.05) is 0 Å². The van der Waals surface area contributed by atoms with Gasteiger partial charge in [0.25, 0.3) is 0 Å². The predicted octanol–water partition coefficient (Wildman–Crippen LogP) is 4.24. The lowest BCUT2D eigenvalue weighted by Crippen LogP contribution is -2.33. The first-order chi connectivity index (χ1) is 8.71. The number of nitrogens with one attached hydrogen (secondary N) is 1. The fourth-order valence-electron chi connectivity index (χ4n) is 1.53. The van der Waals surface area contributed by atoms with Crippen molar-refractivity contribution in [3.63, 3.8) is 0 Å². The monoisotopic (exact) mass is 327 g/mol. The minimum absolute atomic E-state index is 0.0144. The summed E-state index contributed by atoms with van der Waals surface area (Å²) in [6.07, 6.45) is 0. The molecule has 0 amide bonds. The molecular weight excluding hydrogens is 306 g/mol. The van der Waals surface area contributed by atoms with E-state index in [0.717, 1.165) is 10.0 Å². The number of rotatable bonds is 4. The average molecular weight is 328 g/mol. The number of carbonyl (C=O) groups excluding carboxylic acids is 1. The van der Waals surface area contributed by atoms with Gasteiger partial charge in [0.15, 0.2) is 0 Å². The molecule has 0 fully saturated rings. The van der Waals surface area contributed by atoms with E-state index in [4.69, 9.17) is 4.84 Å². The van der Waals surface area contributed by atoms with Crippen LogP contribution >= 0.6 is 15.9 Å². The largest absolute Gasteiger partial charge is 0.370 e. The molecule has 106 valence electrons. The lowest BCUT2D eigenvalue weighted by molar-refractivity contribution is -0.163. The second kappa shape index (κ2) is 6.53. The van der Waals surface area contributed by atoms with Crippen LogP contribution in [-0.4, -0.2) is 5.97 Å². The van der Waals surface area contributed by atoms with Crippen molar-refractivity contribution in [2.24, 2.45) is 11.3 Å². The smallest absolute Gasteiger partial charge is 0.330 e. The van der Waals surface area contributed by atoms with Gasteiger partial charge in [-0.3, -0.25) is 0 Å². The second-order valence-corrected chi connectivity index (χ2v) is 6.95. The summed E-state index contributed by atoms with van der Waals surface area (Å²) >= 11 is 3.41. The molecule has 1 aromatic rings. The van der Waals surface area contributed by atoms with E-state index in [0.29, 0.717) is 5.92 Å². The van der Waals surface area contributed by atoms with Crippen LogP contribution in [0.25, 0.3) is 0 Å². The Morgan fingerprint density at radius 1 is 1.21 bits per heavy atom. The highest BCUT2D eigenvalue weighted by atomic mass is 79.9. The highest BCUT2D eigenvalue weighted by Crippen LogP contribution is 2.24. The Morgan fingerprint density at radius 2 is 1.74 bits per heavy atom. The quantitative estimate of drug-likeness (QED) is 0.840. The molecule has 0 saturated heterocycles. The lowest BCUT2D eigenvalue weighted by Gasteiger charge is -2.24. The molecule has 0 aliphatic carbocycles. The van der Waals surface area contributed by atoms with E-state index in [1.165, 1.54) is 0 Å². The number of hydrogen-bond donors (Lipinski definition) is 1. The van der Waals surface area contributed by atoms with Gasteiger partial charge in [0.1, 0.15) is 0 Å². The highest BCUT2D eigenvalue weighted by molar-refractivity contribution is 9.10. The summed E-state index contributed by atoms with van der Waals surface area (Å²) in [6.45, 7) is 9.68. The van der Waals surface area contributed by atoms with Gasteiger partial charge in [-0.15, -0.1) is 5.48 Å². The van der Waals surface area contributed by atoms with Crippen molar-refractivity contribution in [3.8, 4) is 0 Å². The van der Waals surface area contributed by atoms with Crippen LogP contribution in [0.15, 0.2) is 28.7 Å². The van der Waals surface area contributed by atoms with Gasteiger partial charge in [0.05, 0.1) is 11.5 Å². The number of benzene rings is 1. The maximum atomic E-state index is 11.8. The van der Waals surface area contributed by atoms with Gasteiger partial charge >= 0.3 is 5.97 Å². The predicted molar refractivity (Wildman–Crippen MR) is 80.4 cm³/mol. The SMILES string of the molecule is CC(C)C(NOC(=O)C(C)(C)C)c1ccc(Br)cc1. The molecule has 0 heterocycles. The van der Waals surface area contributed by atoms with E-state index in [1.54, 1.807) is 0 Å². The van der Waals surface area contributed by atoms with Crippen molar-refractivity contribution < 1.29 is 9.63 Å². The maximum Gasteiger partial charge on any atom is 0.330 e. The minimum Gasteiger partial charge on any atom is -0.370 e. The maximum absolute atomic E-state index is 11.8. The third-order valence-electron chi connectivity index (χ3n) is 2.79. The molecule has 0 aliphatic rings. The van der Waals surface area contributed by atoms with Gasteiger partial charge in [0, 0.05) is 4.47 Å². The molecule has 0 aromatic heterocycles. The number of hydrogen-bond acceptors (Lipinski definition) is 3. The Balaban J connectivity index is 2.75. The first kappa shape index (κ1) is 16.2. The van der Waals surface area contributed by atoms with Gasteiger partial charge in [0.2, 0.25) is 0 Å². The van der Waals surface area contributed by atoms with Gasteiger partial charge in [-0.1, -0.05) is 41.9 Å². The van der Waals surface area contributed by atoms with Crippen molar-refractivity contribution in [1.82, 2.24) is 5.48 Å². The molecule has 1 aromatic carbocycles. The third-order valence-corrected chi connectivity index (χ3v) is 3.32. The Labute approximate surface area is 123 Å². The van der Waals surface area contributed by atoms with Crippen LogP contribution in [-0.2, 0) is 9.63 Å². The Bertz CT molecular complexity index is 421. The molecule has 0 spiro atoms. The van der Waals surface area contributed by atoms with Crippen molar-refractivity contribution in [3.05, 3.63) is 34.3 Å². The minimum atomic E-state index is -0.506. The number of halogens is 1. The van der Waals surface area contributed by atoms with E-state index >= 15 is 0 Å². The zero-order valence-corrected chi connectivity index (χ0v) is 13.7.